The Hall–Kier alpha value is -0.780. The van der Waals surface area contributed by atoms with E-state index in [4.69, 9.17) is 10.2 Å². The summed E-state index contributed by atoms with van der Waals surface area (Å²) in [5.74, 6) is -0.887. The molecule has 0 bridgehead atoms. The van der Waals surface area contributed by atoms with Gasteiger partial charge in [-0.05, 0) is 27.2 Å². The predicted octanol–water partition coefficient (Wildman–Crippen LogP) is 1.31. The second-order valence-electron chi connectivity index (χ2n) is 7.63. The van der Waals surface area contributed by atoms with Gasteiger partial charge in [-0.1, -0.05) is 20.8 Å². The van der Waals surface area contributed by atoms with Gasteiger partial charge in [0.2, 0.25) is 0 Å². The zero-order chi connectivity index (χ0) is 16.8. The van der Waals surface area contributed by atoms with Crippen molar-refractivity contribution in [3.63, 3.8) is 0 Å². The quantitative estimate of drug-likeness (QED) is 0.629. The lowest BCUT2D eigenvalue weighted by molar-refractivity contribution is -0.130. The highest BCUT2D eigenvalue weighted by Crippen LogP contribution is 2.21. The molecule has 0 aromatic rings. The molecule has 3 N–H and O–H groups in total. The van der Waals surface area contributed by atoms with E-state index in [1.807, 2.05) is 41.5 Å². The van der Waals surface area contributed by atoms with E-state index in [9.17, 15) is 9.59 Å². The fourth-order valence-electron chi connectivity index (χ4n) is 2.07. The number of carbonyl (C=O) groups is 2. The summed E-state index contributed by atoms with van der Waals surface area (Å²) in [7, 11) is 0. The van der Waals surface area contributed by atoms with Gasteiger partial charge in [0.15, 0.2) is 5.78 Å². The van der Waals surface area contributed by atoms with Crippen molar-refractivity contribution < 1.29 is 19.8 Å². The Balaban J connectivity index is 4.85. The van der Waals surface area contributed by atoms with E-state index in [-0.39, 0.29) is 36.7 Å². The first kappa shape index (κ1) is 20.2. The molecule has 0 radical (unpaired) electrons. The molecule has 5 nitrogen and oxygen atoms in total. The summed E-state index contributed by atoms with van der Waals surface area (Å²) in [5.41, 5.74) is -0.721. The number of aliphatic hydroxyl groups excluding tert-OH is 2. The van der Waals surface area contributed by atoms with E-state index >= 15 is 0 Å². The van der Waals surface area contributed by atoms with Gasteiger partial charge in [-0.15, -0.1) is 0 Å². The van der Waals surface area contributed by atoms with Crippen molar-refractivity contribution in [3.8, 4) is 0 Å². The minimum Gasteiger partial charge on any atom is -0.396 e. The maximum atomic E-state index is 12.5. The lowest BCUT2D eigenvalue weighted by Gasteiger charge is -2.32. The molecule has 0 aliphatic rings. The minimum absolute atomic E-state index is 0.0646. The van der Waals surface area contributed by atoms with E-state index in [2.05, 4.69) is 5.32 Å². The molecule has 0 aromatic carbocycles. The Bertz CT molecular complexity index is 348. The number of hydrogen-bond donors (Lipinski definition) is 3. The van der Waals surface area contributed by atoms with Crippen molar-refractivity contribution in [2.45, 2.75) is 66.0 Å². The number of nitrogens with one attached hydrogen (secondary N) is 1. The summed E-state index contributed by atoms with van der Waals surface area (Å²) in [6.07, 6.45) is 0.546. The predicted molar refractivity (Wildman–Crippen MR) is 83.0 cm³/mol. The van der Waals surface area contributed by atoms with Crippen molar-refractivity contribution >= 4 is 11.6 Å². The first-order chi connectivity index (χ1) is 9.42. The second-order valence-corrected chi connectivity index (χ2v) is 7.63. The Kier molecular flexibility index (Phi) is 7.71. The number of carbonyl (C=O) groups excluding carboxylic acids is 2. The molecule has 0 rings (SSSR count). The van der Waals surface area contributed by atoms with E-state index in [1.165, 1.54) is 0 Å². The van der Waals surface area contributed by atoms with Crippen LogP contribution in [0.3, 0.4) is 0 Å². The van der Waals surface area contributed by atoms with Gasteiger partial charge in [0.05, 0.1) is 25.2 Å². The monoisotopic (exact) mass is 301 g/mol. The molecule has 0 spiro atoms. The molecule has 0 saturated carbocycles. The maximum Gasteiger partial charge on any atom is 0.155 e. The Morgan fingerprint density at radius 3 is 1.81 bits per heavy atom. The Morgan fingerprint density at radius 2 is 1.48 bits per heavy atom. The molecule has 0 aliphatic carbocycles. The molecule has 0 heterocycles. The summed E-state index contributed by atoms with van der Waals surface area (Å²) in [5, 5.41) is 21.3. The molecule has 0 fully saturated rings. The molecule has 1 atom stereocenters. The van der Waals surface area contributed by atoms with Crippen LogP contribution in [0.1, 0.15) is 54.4 Å². The van der Waals surface area contributed by atoms with Gasteiger partial charge in [0.1, 0.15) is 5.78 Å². The van der Waals surface area contributed by atoms with Crippen LogP contribution in [0, 0.1) is 11.3 Å². The first-order valence-electron chi connectivity index (χ1n) is 7.49. The van der Waals surface area contributed by atoms with Gasteiger partial charge in [-0.25, -0.2) is 0 Å². The molecule has 0 aromatic heterocycles. The lowest BCUT2D eigenvalue weighted by Crippen LogP contribution is -2.51. The smallest absolute Gasteiger partial charge is 0.155 e. The highest BCUT2D eigenvalue weighted by atomic mass is 16.3. The van der Waals surface area contributed by atoms with Crippen LogP contribution in [0.5, 0.6) is 0 Å². The van der Waals surface area contributed by atoms with E-state index < -0.39 is 17.4 Å². The number of aliphatic hydroxyl groups is 2. The minimum atomic E-state index is -0.745. The molecule has 1 unspecified atom stereocenters. The van der Waals surface area contributed by atoms with Gasteiger partial charge in [-0.3, -0.25) is 9.59 Å². The number of Topliss-reactive ketones (excluding diaryl/α,β-unsaturated/α-hetero) is 2. The SMILES string of the molecule is CC(C)(C)NC(CCC(=O)C(CO)CO)C(=O)C(C)(C)C. The third-order valence-corrected chi connectivity index (χ3v) is 3.24. The molecular weight excluding hydrogens is 270 g/mol. The Labute approximate surface area is 128 Å². The molecular formula is C16H31NO4. The molecule has 0 saturated heterocycles. The van der Waals surface area contributed by atoms with Crippen molar-refractivity contribution in [2.24, 2.45) is 11.3 Å². The third kappa shape index (κ3) is 7.69. The van der Waals surface area contributed by atoms with Crippen LogP contribution in [0.4, 0.5) is 0 Å². The van der Waals surface area contributed by atoms with Crippen LogP contribution in [0.15, 0.2) is 0 Å². The van der Waals surface area contributed by atoms with Crippen molar-refractivity contribution in [1.29, 1.82) is 0 Å². The maximum absolute atomic E-state index is 12.5. The van der Waals surface area contributed by atoms with E-state index in [0.717, 1.165) is 0 Å². The summed E-state index contributed by atoms with van der Waals surface area (Å²) < 4.78 is 0. The van der Waals surface area contributed by atoms with Crippen molar-refractivity contribution in [1.82, 2.24) is 5.32 Å². The summed E-state index contributed by atoms with van der Waals surface area (Å²) >= 11 is 0. The van der Waals surface area contributed by atoms with Crippen molar-refractivity contribution in [2.75, 3.05) is 13.2 Å². The largest absolute Gasteiger partial charge is 0.396 e. The standard InChI is InChI=1S/C16H31NO4/c1-15(2,3)14(21)12(17-16(4,5)6)7-8-13(20)11(9-18)10-19/h11-12,17-19H,7-10H2,1-6H3. The lowest BCUT2D eigenvalue weighted by atomic mass is 9.83. The van der Waals surface area contributed by atoms with Crippen LogP contribution < -0.4 is 5.32 Å². The van der Waals surface area contributed by atoms with Gasteiger partial charge in [0, 0.05) is 17.4 Å². The summed E-state index contributed by atoms with van der Waals surface area (Å²) in [6, 6.07) is -0.410. The second kappa shape index (κ2) is 8.01. The zero-order valence-corrected chi connectivity index (χ0v) is 14.2. The average Bonchev–Trinajstić information content (AvgIpc) is 2.32. The summed E-state index contributed by atoms with van der Waals surface area (Å²) in [6.45, 7) is 10.8. The van der Waals surface area contributed by atoms with E-state index in [0.29, 0.717) is 6.42 Å². The van der Waals surface area contributed by atoms with Crippen LogP contribution in [0.25, 0.3) is 0 Å². The highest BCUT2D eigenvalue weighted by molar-refractivity contribution is 5.89. The average molecular weight is 301 g/mol. The fourth-order valence-corrected chi connectivity index (χ4v) is 2.07. The van der Waals surface area contributed by atoms with Crippen molar-refractivity contribution in [3.05, 3.63) is 0 Å². The third-order valence-electron chi connectivity index (χ3n) is 3.24. The highest BCUT2D eigenvalue weighted by Gasteiger charge is 2.32. The molecule has 124 valence electrons. The van der Waals surface area contributed by atoms with Crippen LogP contribution in [0.2, 0.25) is 0 Å². The normalized spacial score (nSPS) is 14.3. The Morgan fingerprint density at radius 1 is 1.00 bits per heavy atom. The number of rotatable bonds is 8. The van der Waals surface area contributed by atoms with Crippen LogP contribution in [-0.2, 0) is 9.59 Å². The number of hydrogen-bond acceptors (Lipinski definition) is 5. The van der Waals surface area contributed by atoms with Gasteiger partial charge in [0.25, 0.3) is 0 Å². The topological polar surface area (TPSA) is 86.6 Å². The fraction of sp³-hybridized carbons (Fsp3) is 0.875. The molecule has 5 heteroatoms. The van der Waals surface area contributed by atoms with Gasteiger partial charge >= 0.3 is 0 Å². The van der Waals surface area contributed by atoms with E-state index in [1.54, 1.807) is 0 Å². The molecule has 0 aliphatic heterocycles. The first-order valence-corrected chi connectivity index (χ1v) is 7.49. The zero-order valence-electron chi connectivity index (χ0n) is 14.2. The number of ketones is 2. The molecule has 21 heavy (non-hydrogen) atoms. The van der Waals surface area contributed by atoms with Gasteiger partial charge < -0.3 is 15.5 Å². The molecule has 0 amide bonds. The van der Waals surface area contributed by atoms with Crippen LogP contribution >= 0.6 is 0 Å². The van der Waals surface area contributed by atoms with Gasteiger partial charge in [-0.2, -0.15) is 0 Å². The summed E-state index contributed by atoms with van der Waals surface area (Å²) in [4.78, 5) is 24.4. The van der Waals surface area contributed by atoms with Crippen LogP contribution in [-0.4, -0.2) is 46.6 Å².